The maximum Gasteiger partial charge on any atom is 0.310 e. The van der Waals surface area contributed by atoms with Gasteiger partial charge in [-0.2, -0.15) is 5.10 Å². The lowest BCUT2D eigenvalue weighted by atomic mass is 9.97. The Balaban J connectivity index is 1.54. The van der Waals surface area contributed by atoms with Gasteiger partial charge < -0.3 is 14.2 Å². The lowest BCUT2D eigenvalue weighted by molar-refractivity contribution is -0.150. The van der Waals surface area contributed by atoms with Crippen LogP contribution in [0.1, 0.15) is 43.4 Å². The minimum absolute atomic E-state index is 0.0844. The van der Waals surface area contributed by atoms with Gasteiger partial charge in [0, 0.05) is 13.0 Å². The van der Waals surface area contributed by atoms with Crippen LogP contribution in [0.5, 0.6) is 11.5 Å². The molecule has 0 aromatic heterocycles. The fourth-order valence-corrected chi connectivity index (χ4v) is 4.70. The Morgan fingerprint density at radius 3 is 2.29 bits per heavy atom. The third-order valence-electron chi connectivity index (χ3n) is 6.57. The number of carbonyl (C=O) groups is 2. The number of ether oxygens (including phenoxy) is 3. The van der Waals surface area contributed by atoms with E-state index in [0.717, 1.165) is 47.7 Å². The zero-order chi connectivity index (χ0) is 24.8. The molecule has 35 heavy (non-hydrogen) atoms. The number of hydrazone groups is 1. The summed E-state index contributed by atoms with van der Waals surface area (Å²) in [4.78, 5) is 27.8. The molecule has 0 saturated carbocycles. The van der Waals surface area contributed by atoms with E-state index < -0.39 is 0 Å². The maximum atomic E-state index is 13.5. The van der Waals surface area contributed by atoms with Crippen LogP contribution in [0.3, 0.4) is 0 Å². The normalized spacial score (nSPS) is 20.3. The molecule has 2 atom stereocenters. The Labute approximate surface area is 206 Å². The van der Waals surface area contributed by atoms with Gasteiger partial charge in [0.05, 0.1) is 45.0 Å². The minimum atomic E-state index is -0.212. The Morgan fingerprint density at radius 2 is 1.66 bits per heavy atom. The average Bonchev–Trinajstić information content (AvgIpc) is 3.35. The number of hydrogen-bond acceptors (Lipinski definition) is 7. The maximum absolute atomic E-state index is 13.5. The van der Waals surface area contributed by atoms with Crippen molar-refractivity contribution >= 4 is 17.6 Å². The largest absolute Gasteiger partial charge is 0.497 e. The fraction of sp³-hybridized carbons (Fsp3) is 0.444. The van der Waals surface area contributed by atoms with Gasteiger partial charge in [-0.05, 0) is 73.8 Å². The monoisotopic (exact) mass is 479 g/mol. The molecular weight excluding hydrogens is 446 g/mol. The van der Waals surface area contributed by atoms with E-state index in [1.165, 1.54) is 0 Å². The second kappa shape index (κ2) is 11.4. The number of amides is 1. The van der Waals surface area contributed by atoms with Crippen LogP contribution < -0.4 is 9.47 Å². The van der Waals surface area contributed by atoms with Crippen molar-refractivity contribution in [3.05, 3.63) is 59.7 Å². The van der Waals surface area contributed by atoms with Crippen LogP contribution in [0.25, 0.3) is 0 Å². The van der Waals surface area contributed by atoms with Crippen molar-refractivity contribution in [2.24, 2.45) is 11.0 Å². The predicted molar refractivity (Wildman–Crippen MR) is 133 cm³/mol. The second-order valence-electron chi connectivity index (χ2n) is 8.83. The molecular formula is C27H33N3O5. The Bertz CT molecular complexity index is 1050. The molecule has 2 aliphatic heterocycles. The van der Waals surface area contributed by atoms with Crippen LogP contribution in [-0.4, -0.2) is 68.0 Å². The van der Waals surface area contributed by atoms with Crippen molar-refractivity contribution in [3.8, 4) is 11.5 Å². The summed E-state index contributed by atoms with van der Waals surface area (Å²) in [6.45, 7) is 3.70. The van der Waals surface area contributed by atoms with Crippen LogP contribution in [-0.2, 0) is 14.3 Å². The third-order valence-corrected chi connectivity index (χ3v) is 6.57. The first-order valence-electron chi connectivity index (χ1n) is 12.1. The molecule has 186 valence electrons. The van der Waals surface area contributed by atoms with E-state index in [4.69, 9.17) is 19.3 Å². The van der Waals surface area contributed by atoms with E-state index >= 15 is 0 Å². The van der Waals surface area contributed by atoms with Crippen molar-refractivity contribution in [1.29, 1.82) is 0 Å². The highest BCUT2D eigenvalue weighted by Gasteiger charge is 2.35. The highest BCUT2D eigenvalue weighted by molar-refractivity contribution is 6.03. The lowest BCUT2D eigenvalue weighted by Gasteiger charge is -2.32. The molecule has 2 aliphatic rings. The van der Waals surface area contributed by atoms with Gasteiger partial charge >= 0.3 is 5.97 Å². The van der Waals surface area contributed by atoms with E-state index in [9.17, 15) is 9.59 Å². The number of piperidine rings is 1. The van der Waals surface area contributed by atoms with Gasteiger partial charge in [0.2, 0.25) is 0 Å². The van der Waals surface area contributed by atoms with Crippen LogP contribution in [0.15, 0.2) is 53.6 Å². The fourth-order valence-electron chi connectivity index (χ4n) is 4.70. The zero-order valence-corrected chi connectivity index (χ0v) is 20.6. The Hall–Kier alpha value is -3.39. The molecule has 2 aromatic rings. The molecule has 1 saturated heterocycles. The molecule has 0 aliphatic carbocycles. The molecule has 0 radical (unpaired) electrons. The van der Waals surface area contributed by atoms with Gasteiger partial charge in [0.15, 0.2) is 0 Å². The zero-order valence-electron chi connectivity index (χ0n) is 20.6. The van der Waals surface area contributed by atoms with Crippen molar-refractivity contribution in [3.63, 3.8) is 0 Å². The quantitative estimate of drug-likeness (QED) is 0.538. The van der Waals surface area contributed by atoms with Crippen molar-refractivity contribution < 1.29 is 23.8 Å². The highest BCUT2D eigenvalue weighted by Crippen LogP contribution is 2.34. The summed E-state index contributed by atoms with van der Waals surface area (Å²) in [6, 6.07) is 15.3. The molecule has 0 spiro atoms. The molecule has 4 rings (SSSR count). The topological polar surface area (TPSA) is 80.7 Å². The summed E-state index contributed by atoms with van der Waals surface area (Å²) >= 11 is 0. The second-order valence-corrected chi connectivity index (χ2v) is 8.83. The average molecular weight is 480 g/mol. The number of benzene rings is 2. The molecule has 0 unspecified atom stereocenters. The first-order valence-corrected chi connectivity index (χ1v) is 12.1. The smallest absolute Gasteiger partial charge is 0.310 e. The summed E-state index contributed by atoms with van der Waals surface area (Å²) < 4.78 is 15.8. The van der Waals surface area contributed by atoms with Gasteiger partial charge in [-0.15, -0.1) is 0 Å². The molecule has 8 nitrogen and oxygen atoms in total. The summed E-state index contributed by atoms with van der Waals surface area (Å²) in [6.07, 6.45) is 2.26. The standard InChI is InChI=1S/C27H33N3O5/c1-4-35-27(32)21-6-5-15-29(17-21)18-26(31)30-25(20-9-13-23(34-3)14-10-20)16-24(28-30)19-7-11-22(33-2)12-8-19/h7-14,21,25H,4-6,15-18H2,1-3H3/t21-,25-/m0/s1. The molecule has 1 fully saturated rings. The van der Waals surface area contributed by atoms with Gasteiger partial charge in [-0.25, -0.2) is 5.01 Å². The van der Waals surface area contributed by atoms with Gasteiger partial charge in [-0.3, -0.25) is 14.5 Å². The van der Waals surface area contributed by atoms with Crippen LogP contribution >= 0.6 is 0 Å². The van der Waals surface area contributed by atoms with Crippen LogP contribution in [0.2, 0.25) is 0 Å². The number of nitrogens with zero attached hydrogens (tertiary/aromatic N) is 3. The minimum Gasteiger partial charge on any atom is -0.497 e. The van der Waals surface area contributed by atoms with E-state index in [1.54, 1.807) is 19.2 Å². The first-order chi connectivity index (χ1) is 17.0. The van der Waals surface area contributed by atoms with Crippen molar-refractivity contribution in [1.82, 2.24) is 9.91 Å². The number of hydrogen-bond donors (Lipinski definition) is 0. The highest BCUT2D eigenvalue weighted by atomic mass is 16.5. The van der Waals surface area contributed by atoms with E-state index in [0.29, 0.717) is 19.6 Å². The van der Waals surface area contributed by atoms with Crippen LogP contribution in [0, 0.1) is 5.92 Å². The first kappa shape index (κ1) is 24.7. The summed E-state index contributed by atoms with van der Waals surface area (Å²) in [5.74, 6) is 1.08. The van der Waals surface area contributed by atoms with Crippen LogP contribution in [0.4, 0.5) is 0 Å². The van der Waals surface area contributed by atoms with E-state index in [2.05, 4.69) is 0 Å². The molecule has 0 N–H and O–H groups in total. The number of carbonyl (C=O) groups excluding carboxylic acids is 2. The molecule has 2 aromatic carbocycles. The van der Waals surface area contributed by atoms with Gasteiger partial charge in [0.1, 0.15) is 11.5 Å². The predicted octanol–water partition coefficient (Wildman–Crippen LogP) is 3.66. The summed E-state index contributed by atoms with van der Waals surface area (Å²) in [5, 5.41) is 6.38. The van der Waals surface area contributed by atoms with Crippen molar-refractivity contribution in [2.75, 3.05) is 40.5 Å². The number of likely N-dealkylation sites (tertiary alicyclic amines) is 1. The SMILES string of the molecule is CCOC(=O)[C@H]1CCCN(CC(=O)N2N=C(c3ccc(OC)cc3)C[C@H]2c2ccc(OC)cc2)C1. The number of methoxy groups -OCH3 is 2. The Morgan fingerprint density at radius 1 is 1.00 bits per heavy atom. The van der Waals surface area contributed by atoms with Gasteiger partial charge in [0.25, 0.3) is 5.91 Å². The summed E-state index contributed by atoms with van der Waals surface area (Å²) in [5.41, 5.74) is 2.80. The van der Waals surface area contributed by atoms with E-state index in [1.807, 2.05) is 60.4 Å². The lowest BCUT2D eigenvalue weighted by Crippen LogP contribution is -2.44. The molecule has 0 bridgehead atoms. The number of rotatable bonds is 8. The summed E-state index contributed by atoms with van der Waals surface area (Å²) in [7, 11) is 3.27. The third kappa shape index (κ3) is 5.82. The van der Waals surface area contributed by atoms with Gasteiger partial charge in [-0.1, -0.05) is 12.1 Å². The number of esters is 1. The molecule has 8 heteroatoms. The Kier molecular flexibility index (Phi) is 8.02. The van der Waals surface area contributed by atoms with Crippen molar-refractivity contribution in [2.45, 2.75) is 32.2 Å². The molecule has 1 amide bonds. The molecule has 2 heterocycles. The van der Waals surface area contributed by atoms with E-state index in [-0.39, 0.29) is 30.4 Å².